The van der Waals surface area contributed by atoms with Crippen molar-refractivity contribution >= 4 is 23.5 Å². The molecule has 2 aromatic rings. The zero-order valence-corrected chi connectivity index (χ0v) is 17.4. The van der Waals surface area contributed by atoms with Gasteiger partial charge in [0.15, 0.2) is 11.5 Å². The average molecular weight is 431 g/mol. The second kappa shape index (κ2) is 8.93. The molecule has 0 radical (unpaired) electrons. The number of nitrogens with zero attached hydrogens (tertiary/aromatic N) is 2. The Morgan fingerprint density at radius 2 is 1.70 bits per heavy atom. The van der Waals surface area contributed by atoms with E-state index in [-0.39, 0.29) is 18.5 Å². The molecule has 2 aromatic carbocycles. The number of rotatable bonds is 4. The lowest BCUT2D eigenvalue weighted by Crippen LogP contribution is -2.55. The smallest absolute Gasteiger partial charge is 0.327 e. The summed E-state index contributed by atoms with van der Waals surface area (Å²) in [6, 6.07) is 13.9. The predicted molar refractivity (Wildman–Crippen MR) is 111 cm³/mol. The minimum Gasteiger partial charge on any atom is -0.485 e. The molecule has 1 saturated heterocycles. The van der Waals surface area contributed by atoms with Gasteiger partial charge in [0.1, 0.15) is 12.6 Å². The summed E-state index contributed by atoms with van der Waals surface area (Å²) in [5.74, 6) is 0.734. The van der Waals surface area contributed by atoms with Crippen LogP contribution < -0.4 is 9.47 Å². The Kier molecular flexibility index (Phi) is 6.11. The van der Waals surface area contributed by atoms with Gasteiger partial charge < -0.3 is 19.1 Å². The molecule has 7 nitrogen and oxygen atoms in total. The standard InChI is InChI=1S/C22H23ClN2O5/c1-28-22(27)20(15-6-2-3-7-16(15)23)24-10-12-25(13-11-24)21(26)19-14-29-17-8-4-5-9-18(17)30-19/h2-9,19-20H,10-14H2,1H3. The summed E-state index contributed by atoms with van der Waals surface area (Å²) in [6.45, 7) is 2.15. The van der Waals surface area contributed by atoms with Crippen LogP contribution >= 0.6 is 11.6 Å². The molecule has 0 saturated carbocycles. The Bertz CT molecular complexity index is 929. The van der Waals surface area contributed by atoms with Crippen molar-refractivity contribution in [3.05, 3.63) is 59.1 Å². The Morgan fingerprint density at radius 3 is 2.40 bits per heavy atom. The molecular weight excluding hydrogens is 408 g/mol. The second-order valence-electron chi connectivity index (χ2n) is 7.17. The van der Waals surface area contributed by atoms with Crippen molar-refractivity contribution in [2.75, 3.05) is 39.9 Å². The SMILES string of the molecule is COC(=O)C(c1ccccc1Cl)N1CCN(C(=O)C2COc3ccccc3O2)CC1. The molecule has 8 heteroatoms. The fourth-order valence-electron chi connectivity index (χ4n) is 3.83. The van der Waals surface area contributed by atoms with Crippen LogP contribution in [-0.4, -0.2) is 67.7 Å². The van der Waals surface area contributed by atoms with Gasteiger partial charge in [-0.1, -0.05) is 41.9 Å². The van der Waals surface area contributed by atoms with Crippen molar-refractivity contribution in [1.82, 2.24) is 9.80 Å². The molecule has 0 aromatic heterocycles. The molecule has 2 unspecified atom stereocenters. The number of ether oxygens (including phenoxy) is 3. The van der Waals surface area contributed by atoms with Crippen LogP contribution in [0, 0.1) is 0 Å². The van der Waals surface area contributed by atoms with Gasteiger partial charge in [0.05, 0.1) is 7.11 Å². The van der Waals surface area contributed by atoms with Gasteiger partial charge in [0, 0.05) is 31.2 Å². The number of esters is 1. The lowest BCUT2D eigenvalue weighted by Gasteiger charge is -2.39. The van der Waals surface area contributed by atoms with E-state index in [1.807, 2.05) is 41.3 Å². The Balaban J connectivity index is 1.42. The van der Waals surface area contributed by atoms with Crippen LogP contribution in [0.5, 0.6) is 11.5 Å². The van der Waals surface area contributed by atoms with Gasteiger partial charge >= 0.3 is 5.97 Å². The maximum atomic E-state index is 12.9. The highest BCUT2D eigenvalue weighted by Gasteiger charge is 2.36. The minimum absolute atomic E-state index is 0.114. The van der Waals surface area contributed by atoms with Crippen molar-refractivity contribution in [3.8, 4) is 11.5 Å². The van der Waals surface area contributed by atoms with Crippen LogP contribution in [0.4, 0.5) is 0 Å². The molecule has 2 aliphatic rings. The van der Waals surface area contributed by atoms with Gasteiger partial charge in [-0.15, -0.1) is 0 Å². The van der Waals surface area contributed by atoms with E-state index < -0.39 is 12.1 Å². The van der Waals surface area contributed by atoms with Gasteiger partial charge in [0.25, 0.3) is 5.91 Å². The summed E-state index contributed by atoms with van der Waals surface area (Å²) < 4.78 is 16.5. The number of carbonyl (C=O) groups is 2. The number of para-hydroxylation sites is 2. The summed E-state index contributed by atoms with van der Waals surface area (Å²) in [6.07, 6.45) is -0.675. The van der Waals surface area contributed by atoms with E-state index in [1.54, 1.807) is 17.0 Å². The fourth-order valence-corrected chi connectivity index (χ4v) is 4.07. The number of hydrogen-bond acceptors (Lipinski definition) is 6. The first-order valence-electron chi connectivity index (χ1n) is 9.82. The van der Waals surface area contributed by atoms with E-state index in [4.69, 9.17) is 25.8 Å². The molecule has 1 fully saturated rings. The molecule has 0 bridgehead atoms. The highest BCUT2D eigenvalue weighted by Crippen LogP contribution is 2.32. The van der Waals surface area contributed by atoms with Crippen LogP contribution in [-0.2, 0) is 14.3 Å². The highest BCUT2D eigenvalue weighted by molar-refractivity contribution is 6.31. The van der Waals surface area contributed by atoms with Crippen LogP contribution in [0.25, 0.3) is 0 Å². The number of methoxy groups -OCH3 is 1. The van der Waals surface area contributed by atoms with E-state index in [1.165, 1.54) is 7.11 Å². The highest BCUT2D eigenvalue weighted by atomic mass is 35.5. The van der Waals surface area contributed by atoms with Crippen LogP contribution in [0.15, 0.2) is 48.5 Å². The second-order valence-corrected chi connectivity index (χ2v) is 7.58. The minimum atomic E-state index is -0.675. The first-order valence-corrected chi connectivity index (χ1v) is 10.2. The van der Waals surface area contributed by atoms with Crippen LogP contribution in [0.1, 0.15) is 11.6 Å². The Morgan fingerprint density at radius 1 is 1.03 bits per heavy atom. The van der Waals surface area contributed by atoms with E-state index in [0.717, 1.165) is 0 Å². The molecule has 0 spiro atoms. The number of halogens is 1. The molecule has 2 aliphatic heterocycles. The van der Waals surface area contributed by atoms with E-state index in [2.05, 4.69) is 0 Å². The Hall–Kier alpha value is -2.77. The van der Waals surface area contributed by atoms with E-state index in [9.17, 15) is 9.59 Å². The predicted octanol–water partition coefficient (Wildman–Crippen LogP) is 2.54. The lowest BCUT2D eigenvalue weighted by atomic mass is 10.0. The number of carbonyl (C=O) groups excluding carboxylic acids is 2. The van der Waals surface area contributed by atoms with Crippen LogP contribution in [0.3, 0.4) is 0 Å². The number of amides is 1. The maximum absolute atomic E-state index is 12.9. The largest absolute Gasteiger partial charge is 0.485 e. The monoisotopic (exact) mass is 430 g/mol. The number of fused-ring (bicyclic) bond motifs is 1. The molecule has 158 valence electrons. The van der Waals surface area contributed by atoms with Crippen molar-refractivity contribution < 1.29 is 23.8 Å². The van der Waals surface area contributed by atoms with Crippen molar-refractivity contribution in [3.63, 3.8) is 0 Å². The maximum Gasteiger partial charge on any atom is 0.327 e. The number of piperazine rings is 1. The lowest BCUT2D eigenvalue weighted by molar-refractivity contribution is -0.150. The summed E-state index contributed by atoms with van der Waals surface area (Å²) in [5, 5.41) is 0.512. The van der Waals surface area contributed by atoms with Gasteiger partial charge in [-0.3, -0.25) is 9.69 Å². The zero-order valence-electron chi connectivity index (χ0n) is 16.6. The topological polar surface area (TPSA) is 68.3 Å². The number of hydrogen-bond donors (Lipinski definition) is 0. The summed E-state index contributed by atoms with van der Waals surface area (Å²) in [7, 11) is 1.37. The average Bonchev–Trinajstić information content (AvgIpc) is 2.80. The third kappa shape index (κ3) is 4.08. The fraction of sp³-hybridized carbons (Fsp3) is 0.364. The van der Waals surface area contributed by atoms with Gasteiger partial charge in [-0.25, -0.2) is 4.79 Å². The molecule has 30 heavy (non-hydrogen) atoms. The molecular formula is C22H23ClN2O5. The van der Waals surface area contributed by atoms with Gasteiger partial charge in [-0.05, 0) is 23.8 Å². The third-order valence-electron chi connectivity index (χ3n) is 5.40. The van der Waals surface area contributed by atoms with Crippen molar-refractivity contribution in [1.29, 1.82) is 0 Å². The summed E-state index contributed by atoms with van der Waals surface area (Å²) in [5.41, 5.74) is 0.700. The van der Waals surface area contributed by atoms with Gasteiger partial charge in [-0.2, -0.15) is 0 Å². The first-order chi connectivity index (χ1) is 14.6. The normalized spacial score (nSPS) is 19.8. The molecule has 0 N–H and O–H groups in total. The molecule has 2 atom stereocenters. The van der Waals surface area contributed by atoms with Crippen LogP contribution in [0.2, 0.25) is 5.02 Å². The molecule has 4 rings (SSSR count). The first kappa shape index (κ1) is 20.5. The third-order valence-corrected chi connectivity index (χ3v) is 5.74. The van der Waals surface area contributed by atoms with E-state index >= 15 is 0 Å². The summed E-state index contributed by atoms with van der Waals surface area (Å²) >= 11 is 6.33. The van der Waals surface area contributed by atoms with Gasteiger partial charge in [0.2, 0.25) is 6.10 Å². The zero-order chi connectivity index (χ0) is 21.1. The Labute approximate surface area is 180 Å². The molecule has 2 heterocycles. The van der Waals surface area contributed by atoms with Crippen molar-refractivity contribution in [2.45, 2.75) is 12.1 Å². The van der Waals surface area contributed by atoms with E-state index in [0.29, 0.717) is 48.3 Å². The molecule has 0 aliphatic carbocycles. The van der Waals surface area contributed by atoms with Crippen molar-refractivity contribution in [2.24, 2.45) is 0 Å². The number of benzene rings is 2. The summed E-state index contributed by atoms with van der Waals surface area (Å²) in [4.78, 5) is 29.2. The molecule has 1 amide bonds. The quantitative estimate of drug-likeness (QED) is 0.694.